The number of aliphatic hydroxyl groups excluding tert-OH is 1. The summed E-state index contributed by atoms with van der Waals surface area (Å²) in [5.41, 5.74) is 2.78. The Morgan fingerprint density at radius 3 is 2.67 bits per heavy atom. The monoisotopic (exact) mass is 401 g/mol. The Morgan fingerprint density at radius 1 is 1.10 bits per heavy atom. The molecule has 0 radical (unpaired) electrons. The van der Waals surface area contributed by atoms with Crippen LogP contribution in [-0.2, 0) is 0 Å². The number of rotatable bonds is 4. The molecule has 30 heavy (non-hydrogen) atoms. The van der Waals surface area contributed by atoms with Gasteiger partial charge in [-0.15, -0.1) is 5.10 Å². The van der Waals surface area contributed by atoms with Crippen LogP contribution in [0.15, 0.2) is 42.7 Å². The van der Waals surface area contributed by atoms with Crippen molar-refractivity contribution in [1.82, 2.24) is 29.1 Å². The zero-order valence-corrected chi connectivity index (χ0v) is 17.0. The van der Waals surface area contributed by atoms with Crippen LogP contribution in [0.3, 0.4) is 0 Å². The lowest BCUT2D eigenvalue weighted by Gasteiger charge is -2.18. The van der Waals surface area contributed by atoms with E-state index in [9.17, 15) is 5.11 Å². The van der Waals surface area contributed by atoms with Gasteiger partial charge in [0, 0.05) is 24.0 Å². The summed E-state index contributed by atoms with van der Waals surface area (Å²) >= 11 is 0. The van der Waals surface area contributed by atoms with Crippen LogP contribution in [-0.4, -0.2) is 47.0 Å². The molecule has 152 valence electrons. The topological polar surface area (TPSA) is 84.4 Å². The lowest BCUT2D eigenvalue weighted by molar-refractivity contribution is 0.185. The number of aromatic nitrogens is 6. The SMILES string of the molecule is Cc1cnc(C)n2nc(C=Cc3nc(N4CCCC4O)cn3-c3ccccc3)nc12. The summed E-state index contributed by atoms with van der Waals surface area (Å²) in [7, 11) is 0. The normalized spacial score (nSPS) is 16.9. The van der Waals surface area contributed by atoms with E-state index in [-0.39, 0.29) is 0 Å². The molecular weight excluding hydrogens is 378 g/mol. The van der Waals surface area contributed by atoms with E-state index >= 15 is 0 Å². The molecule has 5 rings (SSSR count). The predicted octanol–water partition coefficient (Wildman–Crippen LogP) is 3.02. The van der Waals surface area contributed by atoms with Crippen LogP contribution in [0, 0.1) is 13.8 Å². The van der Waals surface area contributed by atoms with Crippen LogP contribution >= 0.6 is 0 Å². The highest BCUT2D eigenvalue weighted by Crippen LogP contribution is 2.26. The number of aryl methyl sites for hydroxylation is 2. The van der Waals surface area contributed by atoms with E-state index in [0.29, 0.717) is 5.82 Å². The second-order valence-electron chi connectivity index (χ2n) is 7.51. The van der Waals surface area contributed by atoms with Crippen molar-refractivity contribution in [3.8, 4) is 5.69 Å². The first-order chi connectivity index (χ1) is 14.6. The van der Waals surface area contributed by atoms with E-state index in [1.54, 1.807) is 4.52 Å². The van der Waals surface area contributed by atoms with Crippen molar-refractivity contribution < 1.29 is 5.11 Å². The molecule has 0 aliphatic carbocycles. The maximum Gasteiger partial charge on any atom is 0.175 e. The molecule has 0 saturated carbocycles. The summed E-state index contributed by atoms with van der Waals surface area (Å²) in [6.07, 6.45) is 8.79. The summed E-state index contributed by atoms with van der Waals surface area (Å²) in [6.45, 7) is 4.68. The van der Waals surface area contributed by atoms with Crippen LogP contribution in [0.1, 0.15) is 35.9 Å². The van der Waals surface area contributed by atoms with Gasteiger partial charge in [-0.05, 0) is 51.0 Å². The lowest BCUT2D eigenvalue weighted by Crippen LogP contribution is -2.28. The Bertz CT molecular complexity index is 1190. The van der Waals surface area contributed by atoms with Crippen LogP contribution < -0.4 is 4.90 Å². The van der Waals surface area contributed by atoms with Gasteiger partial charge in [0.1, 0.15) is 23.7 Å². The van der Waals surface area contributed by atoms with Crippen molar-refractivity contribution in [1.29, 1.82) is 0 Å². The summed E-state index contributed by atoms with van der Waals surface area (Å²) in [4.78, 5) is 15.7. The first kappa shape index (κ1) is 18.5. The first-order valence-electron chi connectivity index (χ1n) is 10.1. The van der Waals surface area contributed by atoms with Gasteiger partial charge in [-0.1, -0.05) is 18.2 Å². The van der Waals surface area contributed by atoms with E-state index < -0.39 is 6.23 Å². The number of anilines is 1. The van der Waals surface area contributed by atoms with E-state index in [0.717, 1.165) is 53.8 Å². The van der Waals surface area contributed by atoms with Crippen molar-refractivity contribution in [2.75, 3.05) is 11.4 Å². The molecule has 1 aliphatic rings. The number of nitrogens with zero attached hydrogens (tertiary/aromatic N) is 7. The molecule has 0 bridgehead atoms. The largest absolute Gasteiger partial charge is 0.374 e. The molecule has 1 fully saturated rings. The highest BCUT2D eigenvalue weighted by Gasteiger charge is 2.25. The smallest absolute Gasteiger partial charge is 0.175 e. The fraction of sp³-hybridized carbons (Fsp3) is 0.273. The van der Waals surface area contributed by atoms with Crippen molar-refractivity contribution in [3.05, 3.63) is 65.8 Å². The van der Waals surface area contributed by atoms with Gasteiger partial charge in [0.25, 0.3) is 0 Å². The van der Waals surface area contributed by atoms with Gasteiger partial charge in [-0.2, -0.15) is 4.52 Å². The molecule has 8 heteroatoms. The number of imidazole rings is 1. The molecule has 1 unspecified atom stereocenters. The quantitative estimate of drug-likeness (QED) is 0.566. The fourth-order valence-electron chi connectivity index (χ4n) is 3.78. The van der Waals surface area contributed by atoms with Crippen molar-refractivity contribution in [3.63, 3.8) is 0 Å². The molecule has 1 saturated heterocycles. The van der Waals surface area contributed by atoms with Crippen LogP contribution in [0.4, 0.5) is 5.82 Å². The standard InChI is InChI=1S/C22H23N7O/c1-15-13-23-16(2)29-22(15)24-18(26-29)10-11-19-25-20(27-12-6-9-21(27)30)14-28(19)17-7-4-3-5-8-17/h3-5,7-8,10-11,13-14,21,30H,6,9,12H2,1-2H3. The molecule has 8 nitrogen and oxygen atoms in total. The van der Waals surface area contributed by atoms with Crippen molar-refractivity contribution >= 4 is 23.6 Å². The maximum absolute atomic E-state index is 10.3. The number of hydrogen-bond acceptors (Lipinski definition) is 6. The highest BCUT2D eigenvalue weighted by molar-refractivity contribution is 5.67. The Kier molecular flexibility index (Phi) is 4.55. The van der Waals surface area contributed by atoms with Gasteiger partial charge < -0.3 is 10.0 Å². The lowest BCUT2D eigenvalue weighted by atomic mass is 10.3. The third-order valence-corrected chi connectivity index (χ3v) is 5.38. The number of hydrogen-bond donors (Lipinski definition) is 1. The van der Waals surface area contributed by atoms with Gasteiger partial charge >= 0.3 is 0 Å². The van der Waals surface area contributed by atoms with E-state index in [1.165, 1.54) is 0 Å². The van der Waals surface area contributed by atoms with Crippen LogP contribution in [0.2, 0.25) is 0 Å². The predicted molar refractivity (Wildman–Crippen MR) is 115 cm³/mol. The number of para-hydroxylation sites is 1. The summed E-state index contributed by atoms with van der Waals surface area (Å²) in [5.74, 6) is 2.90. The van der Waals surface area contributed by atoms with Gasteiger partial charge in [0.15, 0.2) is 11.5 Å². The van der Waals surface area contributed by atoms with Gasteiger partial charge in [-0.25, -0.2) is 15.0 Å². The third-order valence-electron chi connectivity index (χ3n) is 5.38. The second-order valence-corrected chi connectivity index (χ2v) is 7.51. The van der Waals surface area contributed by atoms with Crippen LogP contribution in [0.25, 0.3) is 23.5 Å². The summed E-state index contributed by atoms with van der Waals surface area (Å²) in [5, 5.41) is 14.8. The van der Waals surface area contributed by atoms with E-state index in [1.807, 2.05) is 78.2 Å². The molecule has 1 N–H and O–H groups in total. The number of aliphatic hydroxyl groups is 1. The van der Waals surface area contributed by atoms with Gasteiger partial charge in [-0.3, -0.25) is 4.57 Å². The van der Waals surface area contributed by atoms with Gasteiger partial charge in [0.05, 0.1) is 6.20 Å². The summed E-state index contributed by atoms with van der Waals surface area (Å²) < 4.78 is 3.77. The van der Waals surface area contributed by atoms with Crippen molar-refractivity contribution in [2.24, 2.45) is 0 Å². The molecule has 4 aromatic rings. The number of fused-ring (bicyclic) bond motifs is 1. The molecule has 0 spiro atoms. The Morgan fingerprint density at radius 2 is 1.93 bits per heavy atom. The average molecular weight is 401 g/mol. The molecule has 1 aliphatic heterocycles. The molecule has 0 amide bonds. The van der Waals surface area contributed by atoms with E-state index in [4.69, 9.17) is 4.98 Å². The summed E-state index contributed by atoms with van der Waals surface area (Å²) in [6, 6.07) is 10.0. The molecule has 3 aromatic heterocycles. The van der Waals surface area contributed by atoms with Gasteiger partial charge in [0.2, 0.25) is 0 Å². The van der Waals surface area contributed by atoms with Crippen molar-refractivity contribution in [2.45, 2.75) is 32.9 Å². The Labute approximate surface area is 174 Å². The second kappa shape index (κ2) is 7.38. The molecule has 1 atom stereocenters. The minimum Gasteiger partial charge on any atom is -0.374 e. The third kappa shape index (κ3) is 3.25. The molecular formula is C22H23N7O. The first-order valence-corrected chi connectivity index (χ1v) is 10.1. The minimum atomic E-state index is -0.487. The fourth-order valence-corrected chi connectivity index (χ4v) is 3.78. The molecule has 1 aromatic carbocycles. The van der Waals surface area contributed by atoms with E-state index in [2.05, 4.69) is 15.1 Å². The molecule has 4 heterocycles. The average Bonchev–Trinajstić information content (AvgIpc) is 3.48. The number of benzene rings is 1. The zero-order valence-electron chi connectivity index (χ0n) is 17.0. The Balaban J connectivity index is 1.55. The zero-order chi connectivity index (χ0) is 20.7. The van der Waals surface area contributed by atoms with Crippen LogP contribution in [0.5, 0.6) is 0 Å². The highest BCUT2D eigenvalue weighted by atomic mass is 16.3. The maximum atomic E-state index is 10.3. The minimum absolute atomic E-state index is 0.487. The Hall–Kier alpha value is -3.52.